The van der Waals surface area contributed by atoms with Crippen LogP contribution in [0, 0.1) is 17.5 Å². The maximum atomic E-state index is 15.2. The highest BCUT2D eigenvalue weighted by molar-refractivity contribution is 5.91. The first-order valence-electron chi connectivity index (χ1n) is 10.1. The van der Waals surface area contributed by atoms with E-state index in [1.807, 2.05) is 11.9 Å². The third kappa shape index (κ3) is 4.19. The third-order valence-corrected chi connectivity index (χ3v) is 5.57. The second-order valence-corrected chi connectivity index (χ2v) is 7.78. The van der Waals surface area contributed by atoms with Crippen LogP contribution in [0.1, 0.15) is 5.56 Å². The zero-order valence-corrected chi connectivity index (χ0v) is 17.7. The molecule has 0 aliphatic carbocycles. The van der Waals surface area contributed by atoms with Gasteiger partial charge in [-0.1, -0.05) is 0 Å². The Balaban J connectivity index is 1.71. The van der Waals surface area contributed by atoms with Crippen molar-refractivity contribution in [3.63, 3.8) is 0 Å². The smallest absolute Gasteiger partial charge is 0.410 e. The SMILES string of the molecule is CN1CCN(C(=O)OCc2c(F)c(N)c3c(=O)cc(-c4ccc(N)c(F)c4)oc3c2F)CC1. The van der Waals surface area contributed by atoms with Crippen LogP contribution in [0.3, 0.4) is 0 Å². The molecule has 0 radical (unpaired) electrons. The molecule has 174 valence electrons. The van der Waals surface area contributed by atoms with Crippen molar-refractivity contribution in [1.29, 1.82) is 0 Å². The van der Waals surface area contributed by atoms with Gasteiger partial charge in [0, 0.05) is 37.8 Å². The summed E-state index contributed by atoms with van der Waals surface area (Å²) < 4.78 is 54.5. The van der Waals surface area contributed by atoms with Crippen LogP contribution in [0.4, 0.5) is 29.3 Å². The zero-order chi connectivity index (χ0) is 23.9. The number of rotatable bonds is 3. The quantitative estimate of drug-likeness (QED) is 0.575. The van der Waals surface area contributed by atoms with Crippen molar-refractivity contribution < 1.29 is 27.1 Å². The molecule has 0 atom stereocenters. The number of carbonyl (C=O) groups excluding carboxylic acids is 1. The standard InChI is InChI=1S/C22H21F3N4O4/c1-28-4-6-29(7-5-28)22(31)32-10-12-18(24)20(27)17-15(30)9-16(33-21(17)19(12)25)11-2-3-14(26)13(23)8-11/h2-3,8-9H,4-7,10,26-27H2,1H3. The van der Waals surface area contributed by atoms with Gasteiger partial charge in [0.2, 0.25) is 0 Å². The number of hydrogen-bond donors (Lipinski definition) is 2. The van der Waals surface area contributed by atoms with Crippen LogP contribution in [0.2, 0.25) is 0 Å². The van der Waals surface area contributed by atoms with E-state index in [1.165, 1.54) is 17.0 Å². The van der Waals surface area contributed by atoms with Crippen LogP contribution in [0.5, 0.6) is 0 Å². The topological polar surface area (TPSA) is 115 Å². The van der Waals surface area contributed by atoms with E-state index in [0.29, 0.717) is 26.2 Å². The van der Waals surface area contributed by atoms with E-state index in [1.54, 1.807) is 0 Å². The minimum absolute atomic E-state index is 0.117. The van der Waals surface area contributed by atoms with E-state index in [2.05, 4.69) is 0 Å². The molecule has 0 saturated carbocycles. The Kier molecular flexibility index (Phi) is 5.90. The van der Waals surface area contributed by atoms with Gasteiger partial charge in [-0.2, -0.15) is 0 Å². The molecule has 1 aliphatic rings. The highest BCUT2D eigenvalue weighted by atomic mass is 19.1. The van der Waals surface area contributed by atoms with Gasteiger partial charge < -0.3 is 30.4 Å². The van der Waals surface area contributed by atoms with Crippen molar-refractivity contribution in [3.05, 3.63) is 57.5 Å². The molecule has 8 nitrogen and oxygen atoms in total. The number of carbonyl (C=O) groups is 1. The van der Waals surface area contributed by atoms with Gasteiger partial charge in [-0.15, -0.1) is 0 Å². The number of hydrogen-bond acceptors (Lipinski definition) is 7. The Morgan fingerprint density at radius 3 is 2.45 bits per heavy atom. The highest BCUT2D eigenvalue weighted by Gasteiger charge is 2.26. The lowest BCUT2D eigenvalue weighted by molar-refractivity contribution is 0.0754. The fraction of sp³-hybridized carbons (Fsp3) is 0.273. The summed E-state index contributed by atoms with van der Waals surface area (Å²) in [4.78, 5) is 28.3. The van der Waals surface area contributed by atoms with Gasteiger partial charge in [-0.05, 0) is 25.2 Å². The molecule has 1 aromatic heterocycles. The summed E-state index contributed by atoms with van der Waals surface area (Å²) in [6, 6.07) is 4.61. The van der Waals surface area contributed by atoms with Crippen molar-refractivity contribution in [1.82, 2.24) is 9.80 Å². The van der Waals surface area contributed by atoms with E-state index < -0.39 is 57.8 Å². The van der Waals surface area contributed by atoms with Crippen LogP contribution in [0.15, 0.2) is 33.5 Å². The Morgan fingerprint density at radius 1 is 1.09 bits per heavy atom. The zero-order valence-electron chi connectivity index (χ0n) is 17.7. The number of ether oxygens (including phenoxy) is 1. The summed E-state index contributed by atoms with van der Waals surface area (Å²) in [6.45, 7) is 1.35. The molecule has 1 aliphatic heterocycles. The lowest BCUT2D eigenvalue weighted by Crippen LogP contribution is -2.47. The van der Waals surface area contributed by atoms with Gasteiger partial charge in [0.25, 0.3) is 0 Å². The van der Waals surface area contributed by atoms with Crippen molar-refractivity contribution in [2.45, 2.75) is 6.61 Å². The maximum absolute atomic E-state index is 15.2. The predicted octanol–water partition coefficient (Wildman–Crippen LogP) is 2.93. The van der Waals surface area contributed by atoms with Gasteiger partial charge in [0.1, 0.15) is 18.2 Å². The minimum Gasteiger partial charge on any atom is -0.453 e. The van der Waals surface area contributed by atoms with Gasteiger partial charge in [-0.3, -0.25) is 4.79 Å². The van der Waals surface area contributed by atoms with Crippen molar-refractivity contribution in [3.8, 4) is 11.3 Å². The largest absolute Gasteiger partial charge is 0.453 e. The Hall–Kier alpha value is -3.73. The molecule has 1 saturated heterocycles. The van der Waals surface area contributed by atoms with E-state index in [4.69, 9.17) is 20.6 Å². The molecule has 0 spiro atoms. The van der Waals surface area contributed by atoms with E-state index in [9.17, 15) is 18.4 Å². The molecule has 1 amide bonds. The minimum atomic E-state index is -1.24. The molecule has 2 heterocycles. The molecule has 3 aromatic rings. The number of amides is 1. The molecule has 1 fully saturated rings. The molecule has 0 unspecified atom stereocenters. The predicted molar refractivity (Wildman–Crippen MR) is 116 cm³/mol. The summed E-state index contributed by atoms with van der Waals surface area (Å²) in [6.07, 6.45) is -0.729. The number of nitrogens with two attached hydrogens (primary N) is 2. The Bertz CT molecular complexity index is 1300. The number of nitrogens with zero attached hydrogens (tertiary/aromatic N) is 2. The summed E-state index contributed by atoms with van der Waals surface area (Å²) in [7, 11) is 1.91. The summed E-state index contributed by atoms with van der Waals surface area (Å²) in [5.74, 6) is -3.38. The van der Waals surface area contributed by atoms with Crippen LogP contribution in [-0.4, -0.2) is 49.1 Å². The first-order chi connectivity index (χ1) is 15.7. The number of likely N-dealkylation sites (N-methyl/N-ethyl adjacent to an activating group) is 1. The van der Waals surface area contributed by atoms with E-state index in [0.717, 1.165) is 12.1 Å². The number of piperazine rings is 1. The molecule has 2 aromatic carbocycles. The normalized spacial score (nSPS) is 14.6. The number of nitrogen functional groups attached to an aromatic ring is 2. The molecular weight excluding hydrogens is 441 g/mol. The van der Waals surface area contributed by atoms with Gasteiger partial charge >= 0.3 is 6.09 Å². The van der Waals surface area contributed by atoms with Crippen LogP contribution in [-0.2, 0) is 11.3 Å². The van der Waals surface area contributed by atoms with Gasteiger partial charge in [-0.25, -0.2) is 18.0 Å². The van der Waals surface area contributed by atoms with Crippen molar-refractivity contribution >= 4 is 28.4 Å². The first kappa shape index (κ1) is 22.5. The lowest BCUT2D eigenvalue weighted by Gasteiger charge is -2.31. The molecule has 33 heavy (non-hydrogen) atoms. The van der Waals surface area contributed by atoms with Gasteiger partial charge in [0.15, 0.2) is 22.6 Å². The molecule has 4 N–H and O–H groups in total. The number of fused-ring (bicyclic) bond motifs is 1. The maximum Gasteiger partial charge on any atom is 0.410 e. The monoisotopic (exact) mass is 462 g/mol. The fourth-order valence-corrected chi connectivity index (χ4v) is 3.57. The van der Waals surface area contributed by atoms with Gasteiger partial charge in [0.05, 0.1) is 22.3 Å². The van der Waals surface area contributed by atoms with Crippen LogP contribution < -0.4 is 16.9 Å². The average molecular weight is 462 g/mol. The summed E-state index contributed by atoms with van der Waals surface area (Å²) in [5.41, 5.74) is 8.46. The number of benzene rings is 2. The third-order valence-electron chi connectivity index (χ3n) is 5.57. The van der Waals surface area contributed by atoms with E-state index >= 15 is 4.39 Å². The second-order valence-electron chi connectivity index (χ2n) is 7.78. The lowest BCUT2D eigenvalue weighted by atomic mass is 10.1. The Morgan fingerprint density at radius 2 is 1.79 bits per heavy atom. The fourth-order valence-electron chi connectivity index (χ4n) is 3.57. The van der Waals surface area contributed by atoms with Crippen LogP contribution >= 0.6 is 0 Å². The number of anilines is 2. The first-order valence-corrected chi connectivity index (χ1v) is 10.1. The summed E-state index contributed by atoms with van der Waals surface area (Å²) >= 11 is 0. The molecule has 4 rings (SSSR count). The van der Waals surface area contributed by atoms with Crippen molar-refractivity contribution in [2.75, 3.05) is 44.7 Å². The highest BCUT2D eigenvalue weighted by Crippen LogP contribution is 2.32. The average Bonchev–Trinajstić information content (AvgIpc) is 2.79. The summed E-state index contributed by atoms with van der Waals surface area (Å²) in [5, 5.41) is -0.501. The molecule has 11 heteroatoms. The molecule has 0 bridgehead atoms. The van der Waals surface area contributed by atoms with E-state index in [-0.39, 0.29) is 17.0 Å². The van der Waals surface area contributed by atoms with Crippen LogP contribution in [0.25, 0.3) is 22.3 Å². The second kappa shape index (κ2) is 8.66. The molecular formula is C22H21F3N4O4. The Labute approximate surface area is 186 Å². The van der Waals surface area contributed by atoms with Crippen molar-refractivity contribution in [2.24, 2.45) is 0 Å². The number of halogens is 3.